The Kier molecular flexibility index (Phi) is 3.39. The summed E-state index contributed by atoms with van der Waals surface area (Å²) in [5.74, 6) is 1.28. The number of likely N-dealkylation sites (tertiary alicyclic amines) is 1. The number of ketones is 1. The van der Waals surface area contributed by atoms with Crippen LogP contribution < -0.4 is 0 Å². The van der Waals surface area contributed by atoms with Gasteiger partial charge in [0.25, 0.3) is 0 Å². The number of piperidine rings is 1. The first-order chi connectivity index (χ1) is 7.65. The summed E-state index contributed by atoms with van der Waals surface area (Å²) < 4.78 is 5.31. The SMILES string of the molecule is CC(=O)c1coc(CC2CCCN(C)C2)n1. The van der Waals surface area contributed by atoms with E-state index in [1.54, 1.807) is 0 Å². The molecule has 1 aliphatic rings. The van der Waals surface area contributed by atoms with Crippen molar-refractivity contribution in [1.82, 2.24) is 9.88 Å². The number of carbonyl (C=O) groups excluding carboxylic acids is 1. The second-order valence-electron chi connectivity index (χ2n) is 4.66. The fourth-order valence-corrected chi connectivity index (χ4v) is 2.25. The predicted molar refractivity (Wildman–Crippen MR) is 60.4 cm³/mol. The van der Waals surface area contributed by atoms with E-state index in [1.807, 2.05) is 0 Å². The number of aromatic nitrogens is 1. The van der Waals surface area contributed by atoms with E-state index in [1.165, 1.54) is 32.6 Å². The van der Waals surface area contributed by atoms with Gasteiger partial charge in [0, 0.05) is 19.9 Å². The summed E-state index contributed by atoms with van der Waals surface area (Å²) >= 11 is 0. The van der Waals surface area contributed by atoms with Gasteiger partial charge >= 0.3 is 0 Å². The van der Waals surface area contributed by atoms with Crippen LogP contribution in [0.25, 0.3) is 0 Å². The highest BCUT2D eigenvalue weighted by Crippen LogP contribution is 2.19. The zero-order chi connectivity index (χ0) is 11.5. The number of Topliss-reactive ketones (excluding diaryl/α,β-unsaturated/α-hetero) is 1. The third-order valence-electron chi connectivity index (χ3n) is 3.10. The van der Waals surface area contributed by atoms with E-state index in [2.05, 4.69) is 16.9 Å². The highest BCUT2D eigenvalue weighted by atomic mass is 16.3. The molecule has 0 radical (unpaired) electrons. The van der Waals surface area contributed by atoms with Crippen LogP contribution in [0.3, 0.4) is 0 Å². The van der Waals surface area contributed by atoms with Crippen molar-refractivity contribution in [2.45, 2.75) is 26.2 Å². The standard InChI is InChI=1S/C12H18N2O2/c1-9(15)11-8-16-12(13-11)6-10-4-3-5-14(2)7-10/h8,10H,3-7H2,1-2H3. The van der Waals surface area contributed by atoms with E-state index in [-0.39, 0.29) is 5.78 Å². The topological polar surface area (TPSA) is 46.3 Å². The monoisotopic (exact) mass is 222 g/mol. The lowest BCUT2D eigenvalue weighted by atomic mass is 9.95. The van der Waals surface area contributed by atoms with E-state index in [9.17, 15) is 4.79 Å². The summed E-state index contributed by atoms with van der Waals surface area (Å²) in [4.78, 5) is 17.6. The molecule has 0 saturated carbocycles. The van der Waals surface area contributed by atoms with Gasteiger partial charge in [-0.05, 0) is 32.4 Å². The van der Waals surface area contributed by atoms with Gasteiger partial charge in [-0.3, -0.25) is 4.79 Å². The zero-order valence-electron chi connectivity index (χ0n) is 9.90. The molecule has 0 aliphatic carbocycles. The third kappa shape index (κ3) is 2.70. The summed E-state index contributed by atoms with van der Waals surface area (Å²) in [6.07, 6.45) is 4.77. The van der Waals surface area contributed by atoms with Crippen LogP contribution in [0.15, 0.2) is 10.7 Å². The Morgan fingerprint density at radius 2 is 2.50 bits per heavy atom. The molecule has 4 heteroatoms. The van der Waals surface area contributed by atoms with Crippen molar-refractivity contribution in [2.24, 2.45) is 5.92 Å². The normalized spacial score (nSPS) is 22.2. The van der Waals surface area contributed by atoms with Gasteiger partial charge in [-0.25, -0.2) is 4.98 Å². The summed E-state index contributed by atoms with van der Waals surface area (Å²) in [5, 5.41) is 0. The lowest BCUT2D eigenvalue weighted by molar-refractivity contribution is 0.101. The minimum atomic E-state index is -0.0317. The van der Waals surface area contributed by atoms with E-state index >= 15 is 0 Å². The van der Waals surface area contributed by atoms with Crippen molar-refractivity contribution in [3.05, 3.63) is 17.8 Å². The third-order valence-corrected chi connectivity index (χ3v) is 3.10. The van der Waals surface area contributed by atoms with Gasteiger partial charge in [-0.1, -0.05) is 0 Å². The molecule has 1 aliphatic heterocycles. The first-order valence-corrected chi connectivity index (χ1v) is 5.79. The second kappa shape index (κ2) is 4.78. The maximum Gasteiger partial charge on any atom is 0.194 e. The lowest BCUT2D eigenvalue weighted by Gasteiger charge is -2.28. The molecule has 0 amide bonds. The molecule has 1 aromatic rings. The maximum atomic E-state index is 11.1. The minimum absolute atomic E-state index is 0.0317. The minimum Gasteiger partial charge on any atom is -0.448 e. The highest BCUT2D eigenvalue weighted by Gasteiger charge is 2.20. The summed E-state index contributed by atoms with van der Waals surface area (Å²) in [6.45, 7) is 3.79. The molecule has 0 N–H and O–H groups in total. The van der Waals surface area contributed by atoms with Gasteiger partial charge in [-0.2, -0.15) is 0 Å². The van der Waals surface area contributed by atoms with Crippen molar-refractivity contribution in [3.8, 4) is 0 Å². The number of hydrogen-bond acceptors (Lipinski definition) is 4. The van der Waals surface area contributed by atoms with Crippen molar-refractivity contribution in [2.75, 3.05) is 20.1 Å². The van der Waals surface area contributed by atoms with Crippen molar-refractivity contribution >= 4 is 5.78 Å². The molecule has 4 nitrogen and oxygen atoms in total. The second-order valence-corrected chi connectivity index (χ2v) is 4.66. The van der Waals surface area contributed by atoms with Crippen LogP contribution in [-0.4, -0.2) is 35.8 Å². The highest BCUT2D eigenvalue weighted by molar-refractivity contribution is 5.91. The Balaban J connectivity index is 1.95. The molecule has 1 aromatic heterocycles. The van der Waals surface area contributed by atoms with Gasteiger partial charge in [-0.15, -0.1) is 0 Å². The van der Waals surface area contributed by atoms with E-state index in [0.717, 1.165) is 13.0 Å². The fraction of sp³-hybridized carbons (Fsp3) is 0.667. The predicted octanol–water partition coefficient (Wildman–Crippen LogP) is 1.76. The quantitative estimate of drug-likeness (QED) is 0.731. The molecule has 1 fully saturated rings. The Labute approximate surface area is 95.6 Å². The summed E-state index contributed by atoms with van der Waals surface area (Å²) in [6, 6.07) is 0. The molecule has 0 aromatic carbocycles. The number of oxazole rings is 1. The molecular formula is C12H18N2O2. The molecule has 1 unspecified atom stereocenters. The van der Waals surface area contributed by atoms with Crippen LogP contribution in [-0.2, 0) is 6.42 Å². The van der Waals surface area contributed by atoms with Crippen LogP contribution in [0, 0.1) is 5.92 Å². The van der Waals surface area contributed by atoms with Crippen molar-refractivity contribution in [3.63, 3.8) is 0 Å². The molecular weight excluding hydrogens is 204 g/mol. The molecule has 88 valence electrons. The van der Waals surface area contributed by atoms with Crippen LogP contribution in [0.4, 0.5) is 0 Å². The molecule has 1 atom stereocenters. The van der Waals surface area contributed by atoms with Gasteiger partial charge < -0.3 is 9.32 Å². The van der Waals surface area contributed by atoms with E-state index < -0.39 is 0 Å². The lowest BCUT2D eigenvalue weighted by Crippen LogP contribution is -2.33. The van der Waals surface area contributed by atoms with Crippen molar-refractivity contribution in [1.29, 1.82) is 0 Å². The van der Waals surface area contributed by atoms with Crippen LogP contribution in [0.5, 0.6) is 0 Å². The first-order valence-electron chi connectivity index (χ1n) is 5.79. The molecule has 0 bridgehead atoms. The van der Waals surface area contributed by atoms with Gasteiger partial charge in [0.05, 0.1) is 0 Å². The first kappa shape index (κ1) is 11.3. The summed E-state index contributed by atoms with van der Waals surface area (Å²) in [5.41, 5.74) is 0.444. The van der Waals surface area contributed by atoms with Gasteiger partial charge in [0.15, 0.2) is 11.7 Å². The largest absolute Gasteiger partial charge is 0.448 e. The molecule has 1 saturated heterocycles. The Morgan fingerprint density at radius 1 is 1.69 bits per heavy atom. The number of nitrogens with zero attached hydrogens (tertiary/aromatic N) is 2. The van der Waals surface area contributed by atoms with E-state index in [0.29, 0.717) is 17.5 Å². The molecule has 2 rings (SSSR count). The number of hydrogen-bond donors (Lipinski definition) is 0. The average Bonchev–Trinajstić information content (AvgIpc) is 2.66. The smallest absolute Gasteiger partial charge is 0.194 e. The zero-order valence-corrected chi connectivity index (χ0v) is 9.90. The Bertz CT molecular complexity index is 373. The number of carbonyl (C=O) groups is 1. The van der Waals surface area contributed by atoms with E-state index in [4.69, 9.17) is 4.42 Å². The van der Waals surface area contributed by atoms with Crippen LogP contribution in [0.1, 0.15) is 36.1 Å². The molecule has 16 heavy (non-hydrogen) atoms. The fourth-order valence-electron chi connectivity index (χ4n) is 2.25. The molecule has 0 spiro atoms. The average molecular weight is 222 g/mol. The molecule has 2 heterocycles. The Morgan fingerprint density at radius 3 is 3.12 bits per heavy atom. The van der Waals surface area contributed by atoms with Crippen LogP contribution >= 0.6 is 0 Å². The summed E-state index contributed by atoms with van der Waals surface area (Å²) in [7, 11) is 2.14. The van der Waals surface area contributed by atoms with Gasteiger partial charge in [0.1, 0.15) is 12.0 Å². The Hall–Kier alpha value is -1.16. The maximum absolute atomic E-state index is 11.1. The van der Waals surface area contributed by atoms with Crippen LogP contribution in [0.2, 0.25) is 0 Å². The van der Waals surface area contributed by atoms with Crippen molar-refractivity contribution < 1.29 is 9.21 Å². The number of rotatable bonds is 3. The van der Waals surface area contributed by atoms with Gasteiger partial charge in [0.2, 0.25) is 0 Å².